The molecule has 0 unspecified atom stereocenters. The first-order chi connectivity index (χ1) is 12.2. The number of nitrogens with one attached hydrogen (secondary N) is 1. The third kappa shape index (κ3) is 4.54. The summed E-state index contributed by atoms with van der Waals surface area (Å²) in [6.07, 6.45) is 1.49. The summed E-state index contributed by atoms with van der Waals surface area (Å²) >= 11 is 0. The first-order valence-corrected chi connectivity index (χ1v) is 7.60. The molecule has 1 N–H and O–H groups in total. The number of nitrogens with zero attached hydrogens (tertiary/aromatic N) is 4. The molecule has 0 aliphatic heterocycles. The number of amides is 1. The van der Waals surface area contributed by atoms with Crippen LogP contribution in [0.5, 0.6) is 11.5 Å². The van der Waals surface area contributed by atoms with E-state index in [1.54, 1.807) is 25.3 Å². The summed E-state index contributed by atoms with van der Waals surface area (Å²) in [4.78, 5) is 12.0. The van der Waals surface area contributed by atoms with Crippen LogP contribution in [-0.4, -0.2) is 39.8 Å². The van der Waals surface area contributed by atoms with Crippen LogP contribution >= 0.6 is 0 Å². The zero-order chi connectivity index (χ0) is 17.5. The van der Waals surface area contributed by atoms with Crippen molar-refractivity contribution in [3.05, 3.63) is 60.4 Å². The van der Waals surface area contributed by atoms with Gasteiger partial charge < -0.3 is 14.8 Å². The summed E-state index contributed by atoms with van der Waals surface area (Å²) in [6, 6.07) is 14.7. The van der Waals surface area contributed by atoms with E-state index < -0.39 is 0 Å². The van der Waals surface area contributed by atoms with Gasteiger partial charge in [0.2, 0.25) is 0 Å². The Balaban J connectivity index is 1.51. The number of carbonyl (C=O) groups excluding carboxylic acids is 1. The van der Waals surface area contributed by atoms with Crippen LogP contribution in [0.4, 0.5) is 0 Å². The van der Waals surface area contributed by atoms with Crippen molar-refractivity contribution < 1.29 is 14.3 Å². The predicted octanol–water partition coefficient (Wildman–Crippen LogP) is 1.37. The Morgan fingerprint density at radius 1 is 1.16 bits per heavy atom. The van der Waals surface area contributed by atoms with Crippen molar-refractivity contribution in [3.63, 3.8) is 0 Å². The van der Waals surface area contributed by atoms with Gasteiger partial charge >= 0.3 is 0 Å². The van der Waals surface area contributed by atoms with E-state index in [0.29, 0.717) is 12.3 Å². The van der Waals surface area contributed by atoms with Crippen LogP contribution < -0.4 is 14.8 Å². The first kappa shape index (κ1) is 16.4. The van der Waals surface area contributed by atoms with E-state index in [1.807, 2.05) is 30.3 Å². The summed E-state index contributed by atoms with van der Waals surface area (Å²) in [7, 11) is 1.61. The van der Waals surface area contributed by atoms with E-state index in [2.05, 4.69) is 20.8 Å². The Hall–Kier alpha value is -3.42. The standard InChI is InChI=1S/C17H17N5O3/c1-24-15-6-2-4-13(8-15)10-18-17(23)11-25-16-7-3-5-14(9-16)22-12-19-20-21-22/h2-9,12H,10-11H2,1H3,(H,18,23). The van der Waals surface area contributed by atoms with Crippen LogP contribution in [0.15, 0.2) is 54.9 Å². The normalized spacial score (nSPS) is 10.3. The molecule has 1 amide bonds. The van der Waals surface area contributed by atoms with Crippen LogP contribution in [0.1, 0.15) is 5.56 Å². The molecule has 0 fully saturated rings. The Bertz CT molecular complexity index is 836. The third-order valence-electron chi connectivity index (χ3n) is 3.42. The number of aromatic nitrogens is 4. The highest BCUT2D eigenvalue weighted by Gasteiger charge is 2.05. The molecule has 0 saturated heterocycles. The molecule has 0 spiro atoms. The van der Waals surface area contributed by atoms with E-state index in [1.165, 1.54) is 11.0 Å². The van der Waals surface area contributed by atoms with E-state index in [0.717, 1.165) is 17.0 Å². The highest BCUT2D eigenvalue weighted by Crippen LogP contribution is 2.15. The molecule has 0 atom stereocenters. The van der Waals surface area contributed by atoms with Gasteiger partial charge in [-0.2, -0.15) is 0 Å². The van der Waals surface area contributed by atoms with Gasteiger partial charge in [-0.1, -0.05) is 18.2 Å². The van der Waals surface area contributed by atoms with Gasteiger partial charge in [-0.25, -0.2) is 4.68 Å². The maximum Gasteiger partial charge on any atom is 0.258 e. The van der Waals surface area contributed by atoms with Gasteiger partial charge in [0.1, 0.15) is 17.8 Å². The molecule has 8 heteroatoms. The zero-order valence-electron chi connectivity index (χ0n) is 13.6. The predicted molar refractivity (Wildman–Crippen MR) is 89.5 cm³/mol. The smallest absolute Gasteiger partial charge is 0.258 e. The van der Waals surface area contributed by atoms with Crippen LogP contribution in [0.3, 0.4) is 0 Å². The summed E-state index contributed by atoms with van der Waals surface area (Å²) < 4.78 is 12.2. The van der Waals surface area contributed by atoms with Crippen molar-refractivity contribution in [3.8, 4) is 17.2 Å². The summed E-state index contributed by atoms with van der Waals surface area (Å²) in [6.45, 7) is 0.326. The van der Waals surface area contributed by atoms with E-state index in [4.69, 9.17) is 9.47 Å². The number of benzene rings is 2. The zero-order valence-corrected chi connectivity index (χ0v) is 13.6. The molecule has 3 aromatic rings. The molecule has 1 heterocycles. The second-order valence-corrected chi connectivity index (χ2v) is 5.17. The average Bonchev–Trinajstić information content (AvgIpc) is 3.20. The minimum Gasteiger partial charge on any atom is -0.497 e. The third-order valence-corrected chi connectivity index (χ3v) is 3.42. The van der Waals surface area contributed by atoms with Crippen molar-refractivity contribution >= 4 is 5.91 Å². The van der Waals surface area contributed by atoms with Crippen LogP contribution in [0.25, 0.3) is 5.69 Å². The van der Waals surface area contributed by atoms with Crippen LogP contribution in [0, 0.1) is 0 Å². The number of hydrogen-bond acceptors (Lipinski definition) is 6. The van der Waals surface area contributed by atoms with Gasteiger partial charge in [-0.15, -0.1) is 5.10 Å². The van der Waals surface area contributed by atoms with Gasteiger partial charge in [0.05, 0.1) is 12.8 Å². The van der Waals surface area contributed by atoms with E-state index in [9.17, 15) is 4.79 Å². The molecule has 0 aliphatic rings. The van der Waals surface area contributed by atoms with Gasteiger partial charge in [-0.3, -0.25) is 4.79 Å². The lowest BCUT2D eigenvalue weighted by Crippen LogP contribution is -2.28. The summed E-state index contributed by atoms with van der Waals surface area (Å²) in [5, 5.41) is 13.8. The van der Waals surface area contributed by atoms with Gasteiger partial charge in [0, 0.05) is 12.6 Å². The molecule has 3 rings (SSSR count). The molecule has 1 aromatic heterocycles. The van der Waals surface area contributed by atoms with Crippen LogP contribution in [0.2, 0.25) is 0 Å². The minimum absolute atomic E-state index is 0.0803. The van der Waals surface area contributed by atoms with E-state index in [-0.39, 0.29) is 12.5 Å². The first-order valence-electron chi connectivity index (χ1n) is 7.60. The Morgan fingerprint density at radius 2 is 2.00 bits per heavy atom. The fraction of sp³-hybridized carbons (Fsp3) is 0.176. The monoisotopic (exact) mass is 339 g/mol. The molecule has 0 saturated carbocycles. The Labute approximate surface area is 144 Å². The fourth-order valence-electron chi connectivity index (χ4n) is 2.18. The SMILES string of the molecule is COc1cccc(CNC(=O)COc2cccc(-n3cnnn3)c2)c1. The molecule has 2 aromatic carbocycles. The van der Waals surface area contributed by atoms with Gasteiger partial charge in [0.25, 0.3) is 5.91 Å². The molecule has 128 valence electrons. The molecule has 8 nitrogen and oxygen atoms in total. The molecular weight excluding hydrogens is 322 g/mol. The number of hydrogen-bond donors (Lipinski definition) is 1. The summed E-state index contributed by atoms with van der Waals surface area (Å²) in [5.74, 6) is 1.10. The van der Waals surface area contributed by atoms with Crippen molar-refractivity contribution in [2.45, 2.75) is 6.54 Å². The second kappa shape index (κ2) is 7.91. The van der Waals surface area contributed by atoms with Gasteiger partial charge in [0.15, 0.2) is 6.61 Å². The molecule has 0 aliphatic carbocycles. The minimum atomic E-state index is -0.212. The number of ether oxygens (including phenoxy) is 2. The lowest BCUT2D eigenvalue weighted by atomic mass is 10.2. The highest BCUT2D eigenvalue weighted by molar-refractivity contribution is 5.77. The number of methoxy groups -OCH3 is 1. The lowest BCUT2D eigenvalue weighted by molar-refractivity contribution is -0.123. The molecule has 0 bridgehead atoms. The lowest BCUT2D eigenvalue weighted by Gasteiger charge is -2.09. The maximum absolute atomic E-state index is 12.0. The maximum atomic E-state index is 12.0. The molecule has 25 heavy (non-hydrogen) atoms. The average molecular weight is 339 g/mol. The van der Waals surface area contributed by atoms with Crippen molar-refractivity contribution in [2.24, 2.45) is 0 Å². The Morgan fingerprint density at radius 3 is 2.80 bits per heavy atom. The number of rotatable bonds is 7. The Kier molecular flexibility index (Phi) is 5.20. The van der Waals surface area contributed by atoms with Crippen molar-refractivity contribution in [2.75, 3.05) is 13.7 Å². The molecular formula is C17H17N5O3. The number of tetrazole rings is 1. The van der Waals surface area contributed by atoms with Crippen molar-refractivity contribution in [1.82, 2.24) is 25.5 Å². The van der Waals surface area contributed by atoms with Crippen molar-refractivity contribution in [1.29, 1.82) is 0 Å². The number of carbonyl (C=O) groups is 1. The molecule has 0 radical (unpaired) electrons. The van der Waals surface area contributed by atoms with Gasteiger partial charge in [-0.05, 0) is 40.3 Å². The second-order valence-electron chi connectivity index (χ2n) is 5.17. The summed E-state index contributed by atoms with van der Waals surface area (Å²) in [5.41, 5.74) is 1.70. The largest absolute Gasteiger partial charge is 0.497 e. The highest BCUT2D eigenvalue weighted by atomic mass is 16.5. The fourth-order valence-corrected chi connectivity index (χ4v) is 2.18. The topological polar surface area (TPSA) is 91.2 Å². The van der Waals surface area contributed by atoms with E-state index >= 15 is 0 Å². The van der Waals surface area contributed by atoms with Crippen LogP contribution in [-0.2, 0) is 11.3 Å². The quantitative estimate of drug-likeness (QED) is 0.699.